The second-order valence-corrected chi connectivity index (χ2v) is 4.29. The summed E-state index contributed by atoms with van der Waals surface area (Å²) >= 11 is 4.13. The van der Waals surface area contributed by atoms with Gasteiger partial charge in [-0.15, -0.1) is 25.8 Å². The molecule has 0 bridgehead atoms. The van der Waals surface area contributed by atoms with Gasteiger partial charge in [0.05, 0.1) is 0 Å². The molecule has 2 rings (SSSR count). The van der Waals surface area contributed by atoms with Crippen LogP contribution in [-0.4, -0.2) is 11.5 Å². The molecule has 6 heteroatoms. The largest absolute Gasteiger partial charge is 0.573 e. The first-order valence-electron chi connectivity index (χ1n) is 5.23. The number of halogens is 3. The fourth-order valence-corrected chi connectivity index (χ4v) is 1.86. The maximum absolute atomic E-state index is 12.3. The normalized spacial score (nSPS) is 11.4. The van der Waals surface area contributed by atoms with Crippen molar-refractivity contribution in [2.24, 2.45) is 0 Å². The van der Waals surface area contributed by atoms with Crippen LogP contribution in [0.2, 0.25) is 0 Å². The van der Waals surface area contributed by atoms with Crippen molar-refractivity contribution in [2.45, 2.75) is 11.3 Å². The smallest absolute Gasteiger partial charge is 0.508 e. The minimum atomic E-state index is -4.79. The van der Waals surface area contributed by atoms with Gasteiger partial charge in [-0.3, -0.25) is 0 Å². The minimum Gasteiger partial charge on any atom is -0.508 e. The predicted molar refractivity (Wildman–Crippen MR) is 67.5 cm³/mol. The molecule has 0 amide bonds. The van der Waals surface area contributed by atoms with Crippen LogP contribution in [0.15, 0.2) is 47.4 Å². The van der Waals surface area contributed by atoms with Gasteiger partial charge in [0.25, 0.3) is 0 Å². The van der Waals surface area contributed by atoms with Gasteiger partial charge < -0.3 is 9.84 Å². The molecule has 0 spiro atoms. The summed E-state index contributed by atoms with van der Waals surface area (Å²) in [6.07, 6.45) is -4.79. The fourth-order valence-electron chi connectivity index (χ4n) is 1.63. The summed E-state index contributed by atoms with van der Waals surface area (Å²) in [5, 5.41) is 9.41. The third-order valence-corrected chi connectivity index (χ3v) is 2.62. The van der Waals surface area contributed by atoms with Gasteiger partial charge in [-0.2, -0.15) is 0 Å². The molecular weight excluding hydrogens is 277 g/mol. The Bertz CT molecular complexity index is 597. The Balaban J connectivity index is 2.51. The van der Waals surface area contributed by atoms with Crippen molar-refractivity contribution in [1.82, 2.24) is 0 Å². The van der Waals surface area contributed by atoms with Gasteiger partial charge in [0.1, 0.15) is 11.5 Å². The van der Waals surface area contributed by atoms with Crippen molar-refractivity contribution in [3.63, 3.8) is 0 Å². The molecule has 0 aromatic heterocycles. The topological polar surface area (TPSA) is 29.5 Å². The van der Waals surface area contributed by atoms with Crippen LogP contribution in [0.4, 0.5) is 13.2 Å². The summed E-state index contributed by atoms with van der Waals surface area (Å²) in [4.78, 5) is 0.596. The Morgan fingerprint density at radius 1 is 1.05 bits per heavy atom. The average molecular weight is 286 g/mol. The highest BCUT2D eigenvalue weighted by Crippen LogP contribution is 2.36. The van der Waals surface area contributed by atoms with E-state index in [1.807, 2.05) is 0 Å². The number of hydrogen-bond acceptors (Lipinski definition) is 3. The van der Waals surface area contributed by atoms with Crippen molar-refractivity contribution in [3.8, 4) is 22.6 Å². The molecule has 1 N–H and O–H groups in total. The zero-order valence-electron chi connectivity index (χ0n) is 9.48. The van der Waals surface area contributed by atoms with E-state index in [9.17, 15) is 18.3 Å². The van der Waals surface area contributed by atoms with E-state index in [-0.39, 0.29) is 17.1 Å². The van der Waals surface area contributed by atoms with Gasteiger partial charge in [0.2, 0.25) is 0 Å². The van der Waals surface area contributed by atoms with E-state index in [0.29, 0.717) is 10.5 Å². The molecule has 0 radical (unpaired) electrons. The molecule has 0 aliphatic rings. The summed E-state index contributed by atoms with van der Waals surface area (Å²) < 4.78 is 40.9. The van der Waals surface area contributed by atoms with Crippen molar-refractivity contribution in [2.75, 3.05) is 0 Å². The van der Waals surface area contributed by atoms with Crippen LogP contribution in [0, 0.1) is 0 Å². The van der Waals surface area contributed by atoms with Gasteiger partial charge in [0.15, 0.2) is 0 Å². The number of alkyl halides is 3. The molecule has 0 unspecified atom stereocenters. The SMILES string of the molecule is Oc1ccc(OC(F)(F)F)c(-c2cccc(S)c2)c1. The van der Waals surface area contributed by atoms with E-state index in [1.165, 1.54) is 6.07 Å². The van der Waals surface area contributed by atoms with E-state index in [0.717, 1.165) is 12.1 Å². The van der Waals surface area contributed by atoms with Crippen molar-refractivity contribution >= 4 is 12.6 Å². The predicted octanol–water partition coefficient (Wildman–Crippen LogP) is 4.25. The third-order valence-electron chi connectivity index (χ3n) is 2.35. The van der Waals surface area contributed by atoms with Crippen LogP contribution in [0.25, 0.3) is 11.1 Å². The van der Waals surface area contributed by atoms with Crippen molar-refractivity contribution < 1.29 is 23.0 Å². The number of hydrogen-bond donors (Lipinski definition) is 2. The molecule has 2 nitrogen and oxygen atoms in total. The van der Waals surface area contributed by atoms with E-state index in [1.54, 1.807) is 24.3 Å². The number of ether oxygens (including phenoxy) is 1. The zero-order valence-corrected chi connectivity index (χ0v) is 10.4. The first-order valence-corrected chi connectivity index (χ1v) is 5.68. The van der Waals surface area contributed by atoms with E-state index in [2.05, 4.69) is 17.4 Å². The van der Waals surface area contributed by atoms with Crippen LogP contribution in [0.5, 0.6) is 11.5 Å². The van der Waals surface area contributed by atoms with Crippen LogP contribution in [0.1, 0.15) is 0 Å². The maximum atomic E-state index is 12.3. The molecule has 0 fully saturated rings. The molecule has 0 saturated heterocycles. The molecule has 2 aromatic rings. The summed E-state index contributed by atoms with van der Waals surface area (Å²) in [6, 6.07) is 9.96. The molecule has 2 aromatic carbocycles. The monoisotopic (exact) mass is 286 g/mol. The second kappa shape index (κ2) is 5.05. The van der Waals surface area contributed by atoms with Gasteiger partial charge in [-0.25, -0.2) is 0 Å². The average Bonchev–Trinajstić information content (AvgIpc) is 2.30. The number of thiol groups is 1. The molecule has 0 saturated carbocycles. The lowest BCUT2D eigenvalue weighted by Crippen LogP contribution is -2.17. The van der Waals surface area contributed by atoms with Crippen LogP contribution >= 0.6 is 12.6 Å². The Labute approximate surface area is 112 Å². The number of aromatic hydroxyl groups is 1. The van der Waals surface area contributed by atoms with Crippen molar-refractivity contribution in [1.29, 1.82) is 0 Å². The fraction of sp³-hybridized carbons (Fsp3) is 0.0769. The minimum absolute atomic E-state index is 0.144. The van der Waals surface area contributed by atoms with Crippen LogP contribution < -0.4 is 4.74 Å². The number of phenolic OH excluding ortho intramolecular Hbond substituents is 1. The number of rotatable bonds is 2. The Kier molecular flexibility index (Phi) is 3.61. The molecule has 0 aliphatic heterocycles. The maximum Gasteiger partial charge on any atom is 0.573 e. The molecule has 100 valence electrons. The van der Waals surface area contributed by atoms with Gasteiger partial charge >= 0.3 is 6.36 Å². The standard InChI is InChI=1S/C13H9F3O2S/c14-13(15,16)18-12-5-4-9(17)7-11(12)8-2-1-3-10(19)6-8/h1-7,17,19H. The van der Waals surface area contributed by atoms with E-state index < -0.39 is 6.36 Å². The highest BCUT2D eigenvalue weighted by atomic mass is 32.1. The Hall–Kier alpha value is -1.82. The molecular formula is C13H9F3O2S. The highest BCUT2D eigenvalue weighted by Gasteiger charge is 2.32. The quantitative estimate of drug-likeness (QED) is 0.808. The second-order valence-electron chi connectivity index (χ2n) is 3.78. The number of phenols is 1. The first kappa shape index (κ1) is 13.6. The Morgan fingerprint density at radius 3 is 2.42 bits per heavy atom. The van der Waals surface area contributed by atoms with Gasteiger partial charge in [-0.05, 0) is 35.9 Å². The van der Waals surface area contributed by atoms with E-state index >= 15 is 0 Å². The summed E-state index contributed by atoms with van der Waals surface area (Å²) in [5.74, 6) is -0.515. The molecule has 0 aliphatic carbocycles. The first-order chi connectivity index (χ1) is 8.85. The third kappa shape index (κ3) is 3.57. The summed E-state index contributed by atoms with van der Waals surface area (Å²) in [6.45, 7) is 0. The Morgan fingerprint density at radius 2 is 1.79 bits per heavy atom. The molecule has 19 heavy (non-hydrogen) atoms. The van der Waals surface area contributed by atoms with Crippen molar-refractivity contribution in [3.05, 3.63) is 42.5 Å². The molecule has 0 atom stereocenters. The zero-order chi connectivity index (χ0) is 14.0. The van der Waals surface area contributed by atoms with Gasteiger partial charge in [0, 0.05) is 10.5 Å². The summed E-state index contributed by atoms with van der Waals surface area (Å²) in [7, 11) is 0. The van der Waals surface area contributed by atoms with Crippen LogP contribution in [-0.2, 0) is 0 Å². The lowest BCUT2D eigenvalue weighted by molar-refractivity contribution is -0.274. The lowest BCUT2D eigenvalue weighted by Gasteiger charge is -2.14. The lowest BCUT2D eigenvalue weighted by atomic mass is 10.0. The summed E-state index contributed by atoms with van der Waals surface area (Å²) in [5.41, 5.74) is 0.621. The highest BCUT2D eigenvalue weighted by molar-refractivity contribution is 7.80. The van der Waals surface area contributed by atoms with Gasteiger partial charge in [-0.1, -0.05) is 12.1 Å². The molecule has 0 heterocycles. The van der Waals surface area contributed by atoms with E-state index in [4.69, 9.17) is 0 Å². The number of benzene rings is 2. The van der Waals surface area contributed by atoms with Crippen LogP contribution in [0.3, 0.4) is 0 Å².